The standard InChI is InChI=1S/C16H21N5/c1-4-10-18-16(11-17,15-8-6-5-7-9-15)12-21-14(3)19-13(2)20-21/h5-9,18H,4,10,12H2,1-3H3. The molecule has 0 fully saturated rings. The SMILES string of the molecule is CCCNC(C#N)(Cn1nc(C)nc1C)c1ccccc1. The first-order valence-electron chi connectivity index (χ1n) is 7.21. The molecular formula is C16H21N5. The third-order valence-electron chi connectivity index (χ3n) is 3.48. The van der Waals surface area contributed by atoms with Crippen LogP contribution < -0.4 is 5.32 Å². The molecule has 0 aliphatic rings. The molecular weight excluding hydrogens is 262 g/mol. The van der Waals surface area contributed by atoms with Crippen molar-refractivity contribution in [3.8, 4) is 6.07 Å². The number of aryl methyl sites for hydroxylation is 2. The molecule has 0 amide bonds. The Morgan fingerprint density at radius 2 is 2.00 bits per heavy atom. The topological polar surface area (TPSA) is 66.5 Å². The summed E-state index contributed by atoms with van der Waals surface area (Å²) >= 11 is 0. The van der Waals surface area contributed by atoms with E-state index in [0.29, 0.717) is 6.54 Å². The fourth-order valence-corrected chi connectivity index (χ4v) is 2.39. The Kier molecular flexibility index (Phi) is 4.71. The van der Waals surface area contributed by atoms with E-state index in [1.165, 1.54) is 0 Å². The Morgan fingerprint density at radius 3 is 2.52 bits per heavy atom. The maximum Gasteiger partial charge on any atom is 0.152 e. The van der Waals surface area contributed by atoms with Crippen molar-refractivity contribution in [2.24, 2.45) is 0 Å². The third-order valence-corrected chi connectivity index (χ3v) is 3.48. The first-order valence-corrected chi connectivity index (χ1v) is 7.21. The molecule has 0 radical (unpaired) electrons. The molecule has 1 aromatic heterocycles. The molecule has 1 atom stereocenters. The molecule has 2 rings (SSSR count). The number of hydrogen-bond donors (Lipinski definition) is 1. The Balaban J connectivity index is 2.40. The molecule has 110 valence electrons. The minimum Gasteiger partial charge on any atom is -0.294 e. The molecule has 0 saturated carbocycles. The van der Waals surface area contributed by atoms with Crippen LogP contribution in [0.3, 0.4) is 0 Å². The molecule has 2 aromatic rings. The highest BCUT2D eigenvalue weighted by molar-refractivity contribution is 5.31. The summed E-state index contributed by atoms with van der Waals surface area (Å²) in [7, 11) is 0. The lowest BCUT2D eigenvalue weighted by Crippen LogP contribution is -2.45. The summed E-state index contributed by atoms with van der Waals surface area (Å²) in [5.74, 6) is 1.55. The van der Waals surface area contributed by atoms with E-state index in [2.05, 4.69) is 28.4 Å². The normalized spacial score (nSPS) is 13.6. The van der Waals surface area contributed by atoms with Crippen molar-refractivity contribution in [1.82, 2.24) is 20.1 Å². The van der Waals surface area contributed by atoms with E-state index in [1.54, 1.807) is 4.68 Å². The fourth-order valence-electron chi connectivity index (χ4n) is 2.39. The zero-order chi connectivity index (χ0) is 15.3. The second-order valence-electron chi connectivity index (χ2n) is 5.17. The smallest absolute Gasteiger partial charge is 0.152 e. The molecule has 5 nitrogen and oxygen atoms in total. The Labute approximate surface area is 125 Å². The van der Waals surface area contributed by atoms with Crippen molar-refractivity contribution in [3.63, 3.8) is 0 Å². The van der Waals surface area contributed by atoms with Gasteiger partial charge in [0.25, 0.3) is 0 Å². The number of benzene rings is 1. The summed E-state index contributed by atoms with van der Waals surface area (Å²) < 4.78 is 1.80. The predicted octanol–water partition coefficient (Wildman–Crippen LogP) is 2.31. The highest BCUT2D eigenvalue weighted by atomic mass is 15.4. The molecule has 1 unspecified atom stereocenters. The van der Waals surface area contributed by atoms with E-state index in [9.17, 15) is 5.26 Å². The molecule has 0 aliphatic carbocycles. The van der Waals surface area contributed by atoms with Crippen LogP contribution in [-0.2, 0) is 12.1 Å². The first-order chi connectivity index (χ1) is 10.1. The lowest BCUT2D eigenvalue weighted by Gasteiger charge is -2.28. The second-order valence-corrected chi connectivity index (χ2v) is 5.17. The number of nitrogens with one attached hydrogen (secondary N) is 1. The van der Waals surface area contributed by atoms with Crippen molar-refractivity contribution in [2.75, 3.05) is 6.54 Å². The van der Waals surface area contributed by atoms with E-state index < -0.39 is 5.54 Å². The average molecular weight is 283 g/mol. The predicted molar refractivity (Wildman–Crippen MR) is 81.5 cm³/mol. The second kappa shape index (κ2) is 6.51. The van der Waals surface area contributed by atoms with Crippen LogP contribution in [0.5, 0.6) is 0 Å². The number of nitrogens with zero attached hydrogens (tertiary/aromatic N) is 4. The van der Waals surface area contributed by atoms with Crippen molar-refractivity contribution in [2.45, 2.75) is 39.3 Å². The van der Waals surface area contributed by atoms with E-state index >= 15 is 0 Å². The summed E-state index contributed by atoms with van der Waals surface area (Å²) in [6.07, 6.45) is 0.964. The van der Waals surface area contributed by atoms with Crippen molar-refractivity contribution in [1.29, 1.82) is 5.26 Å². The van der Waals surface area contributed by atoms with Gasteiger partial charge in [-0.2, -0.15) is 10.4 Å². The van der Waals surface area contributed by atoms with E-state index in [-0.39, 0.29) is 0 Å². The van der Waals surface area contributed by atoms with Crippen LogP contribution >= 0.6 is 0 Å². The van der Waals surface area contributed by atoms with Gasteiger partial charge in [-0.25, -0.2) is 9.67 Å². The van der Waals surface area contributed by atoms with E-state index in [0.717, 1.165) is 30.2 Å². The Bertz CT molecular complexity index is 626. The van der Waals surface area contributed by atoms with Gasteiger partial charge in [-0.15, -0.1) is 0 Å². The van der Waals surface area contributed by atoms with Crippen LogP contribution in [0.15, 0.2) is 30.3 Å². The third kappa shape index (κ3) is 3.29. The summed E-state index contributed by atoms with van der Waals surface area (Å²) in [6, 6.07) is 12.3. The summed E-state index contributed by atoms with van der Waals surface area (Å²) in [4.78, 5) is 4.32. The quantitative estimate of drug-likeness (QED) is 0.883. The summed E-state index contributed by atoms with van der Waals surface area (Å²) in [5.41, 5.74) is 0.163. The van der Waals surface area contributed by atoms with Crippen LogP contribution in [0.4, 0.5) is 0 Å². The monoisotopic (exact) mass is 283 g/mol. The lowest BCUT2D eigenvalue weighted by atomic mass is 9.91. The van der Waals surface area contributed by atoms with Gasteiger partial charge in [-0.3, -0.25) is 5.32 Å². The molecule has 0 saturated heterocycles. The van der Waals surface area contributed by atoms with Crippen LogP contribution in [0.1, 0.15) is 30.6 Å². The van der Waals surface area contributed by atoms with Crippen LogP contribution in [0.2, 0.25) is 0 Å². The molecule has 1 N–H and O–H groups in total. The molecule has 0 bridgehead atoms. The van der Waals surface area contributed by atoms with Gasteiger partial charge in [0.1, 0.15) is 11.6 Å². The highest BCUT2D eigenvalue weighted by Crippen LogP contribution is 2.23. The fraction of sp³-hybridized carbons (Fsp3) is 0.438. The van der Waals surface area contributed by atoms with Crippen molar-refractivity contribution in [3.05, 3.63) is 47.5 Å². The Morgan fingerprint density at radius 1 is 1.29 bits per heavy atom. The minimum absolute atomic E-state index is 0.445. The Hall–Kier alpha value is -2.19. The van der Waals surface area contributed by atoms with E-state index in [4.69, 9.17) is 0 Å². The molecule has 5 heteroatoms. The first kappa shape index (κ1) is 15.2. The number of hydrogen-bond acceptors (Lipinski definition) is 4. The van der Waals surface area contributed by atoms with Crippen LogP contribution in [0, 0.1) is 25.2 Å². The largest absolute Gasteiger partial charge is 0.294 e. The maximum absolute atomic E-state index is 9.84. The zero-order valence-corrected chi connectivity index (χ0v) is 12.8. The molecule has 0 aliphatic heterocycles. The number of aromatic nitrogens is 3. The highest BCUT2D eigenvalue weighted by Gasteiger charge is 2.33. The molecule has 1 aromatic carbocycles. The van der Waals surface area contributed by atoms with Gasteiger partial charge in [0.2, 0.25) is 0 Å². The van der Waals surface area contributed by atoms with Gasteiger partial charge in [-0.1, -0.05) is 37.3 Å². The summed E-state index contributed by atoms with van der Waals surface area (Å²) in [6.45, 7) is 7.08. The minimum atomic E-state index is -0.790. The van der Waals surface area contributed by atoms with Crippen molar-refractivity contribution < 1.29 is 0 Å². The number of nitriles is 1. The maximum atomic E-state index is 9.84. The lowest BCUT2D eigenvalue weighted by molar-refractivity contribution is 0.347. The van der Waals surface area contributed by atoms with Crippen LogP contribution in [0.25, 0.3) is 0 Å². The molecule has 1 heterocycles. The van der Waals surface area contributed by atoms with Gasteiger partial charge >= 0.3 is 0 Å². The van der Waals surface area contributed by atoms with Crippen molar-refractivity contribution >= 4 is 0 Å². The average Bonchev–Trinajstić information content (AvgIpc) is 2.82. The molecule has 0 spiro atoms. The van der Waals surface area contributed by atoms with Gasteiger partial charge in [0.05, 0.1) is 12.6 Å². The zero-order valence-electron chi connectivity index (χ0n) is 12.8. The van der Waals surface area contributed by atoms with Gasteiger partial charge < -0.3 is 0 Å². The molecule has 21 heavy (non-hydrogen) atoms. The number of rotatable bonds is 6. The van der Waals surface area contributed by atoms with Gasteiger partial charge in [0.15, 0.2) is 5.54 Å². The van der Waals surface area contributed by atoms with E-state index in [1.807, 2.05) is 44.2 Å². The van der Waals surface area contributed by atoms with Gasteiger partial charge in [-0.05, 0) is 32.4 Å². The summed E-state index contributed by atoms with van der Waals surface area (Å²) in [5, 5.41) is 17.6. The van der Waals surface area contributed by atoms with Crippen LogP contribution in [-0.4, -0.2) is 21.3 Å². The van der Waals surface area contributed by atoms with Gasteiger partial charge in [0, 0.05) is 0 Å².